The van der Waals surface area contributed by atoms with Crippen LogP contribution in [-0.2, 0) is 14.0 Å². The molecule has 0 aromatic rings. The van der Waals surface area contributed by atoms with Crippen molar-refractivity contribution in [2.75, 3.05) is 6.61 Å². The lowest BCUT2D eigenvalue weighted by molar-refractivity contribution is -0.144. The molecular formula is C13H24O3Si. The molecule has 3 nitrogen and oxygen atoms in total. The van der Waals surface area contributed by atoms with Crippen LogP contribution < -0.4 is 0 Å². The summed E-state index contributed by atoms with van der Waals surface area (Å²) in [5, 5.41) is 0.181. The summed E-state index contributed by atoms with van der Waals surface area (Å²) in [5.74, 6) is 2.10. The standard InChI is InChI=1S/C13H24O3Si/c1-8-12(16-11(2)14)9-10-15-17(6,7)13(3,4)5/h1,12H,9-10H2,2-7H3/t12-/m0/s1. The second kappa shape index (κ2) is 6.22. The monoisotopic (exact) mass is 256 g/mol. The predicted molar refractivity (Wildman–Crippen MR) is 72.2 cm³/mol. The van der Waals surface area contributed by atoms with E-state index >= 15 is 0 Å². The van der Waals surface area contributed by atoms with Crippen LogP contribution in [0.5, 0.6) is 0 Å². The van der Waals surface area contributed by atoms with Gasteiger partial charge in [-0.05, 0) is 18.1 Å². The van der Waals surface area contributed by atoms with Gasteiger partial charge in [-0.25, -0.2) is 0 Å². The molecule has 17 heavy (non-hydrogen) atoms. The minimum absolute atomic E-state index is 0.181. The molecule has 0 aromatic carbocycles. The average Bonchev–Trinajstić information content (AvgIpc) is 2.13. The Labute approximate surface area is 106 Å². The Kier molecular flexibility index (Phi) is 5.93. The molecular weight excluding hydrogens is 232 g/mol. The summed E-state index contributed by atoms with van der Waals surface area (Å²) in [5.41, 5.74) is 0. The zero-order chi connectivity index (χ0) is 13.7. The van der Waals surface area contributed by atoms with Gasteiger partial charge in [0.15, 0.2) is 14.4 Å². The quantitative estimate of drug-likeness (QED) is 0.431. The highest BCUT2D eigenvalue weighted by Crippen LogP contribution is 2.36. The fourth-order valence-electron chi connectivity index (χ4n) is 1.01. The van der Waals surface area contributed by atoms with Gasteiger partial charge in [0, 0.05) is 20.0 Å². The maximum atomic E-state index is 10.8. The van der Waals surface area contributed by atoms with Crippen molar-refractivity contribution in [1.82, 2.24) is 0 Å². The Morgan fingerprint density at radius 2 is 1.94 bits per heavy atom. The van der Waals surface area contributed by atoms with E-state index in [0.29, 0.717) is 13.0 Å². The Balaban J connectivity index is 4.15. The van der Waals surface area contributed by atoms with E-state index in [4.69, 9.17) is 15.6 Å². The second-order valence-corrected chi connectivity index (χ2v) is 10.5. The number of ether oxygens (including phenoxy) is 1. The van der Waals surface area contributed by atoms with Gasteiger partial charge in [-0.1, -0.05) is 26.7 Å². The van der Waals surface area contributed by atoms with Crippen molar-refractivity contribution in [3.05, 3.63) is 0 Å². The number of rotatable bonds is 5. The fourth-order valence-corrected chi connectivity index (χ4v) is 2.08. The molecule has 0 aromatic heterocycles. The van der Waals surface area contributed by atoms with E-state index in [0.717, 1.165) is 0 Å². The zero-order valence-corrected chi connectivity index (χ0v) is 12.8. The summed E-state index contributed by atoms with van der Waals surface area (Å²) < 4.78 is 10.9. The van der Waals surface area contributed by atoms with E-state index in [-0.39, 0.29) is 11.0 Å². The van der Waals surface area contributed by atoms with E-state index < -0.39 is 14.4 Å². The van der Waals surface area contributed by atoms with Crippen LogP contribution in [0.1, 0.15) is 34.1 Å². The van der Waals surface area contributed by atoms with E-state index in [1.807, 2.05) is 0 Å². The van der Waals surface area contributed by atoms with Crippen LogP contribution in [-0.4, -0.2) is 27.0 Å². The summed E-state index contributed by atoms with van der Waals surface area (Å²) in [4.78, 5) is 10.8. The van der Waals surface area contributed by atoms with Crippen molar-refractivity contribution < 1.29 is 14.0 Å². The number of esters is 1. The highest BCUT2D eigenvalue weighted by Gasteiger charge is 2.37. The molecule has 0 aliphatic carbocycles. The lowest BCUT2D eigenvalue weighted by atomic mass is 10.2. The third kappa shape index (κ3) is 5.90. The Morgan fingerprint density at radius 3 is 2.29 bits per heavy atom. The first-order chi connectivity index (χ1) is 7.60. The van der Waals surface area contributed by atoms with Crippen LogP contribution in [0.3, 0.4) is 0 Å². The lowest BCUT2D eigenvalue weighted by Crippen LogP contribution is -2.41. The first kappa shape index (κ1) is 16.2. The first-order valence-corrected chi connectivity index (χ1v) is 8.78. The molecule has 0 N–H and O–H groups in total. The largest absolute Gasteiger partial charge is 0.449 e. The molecule has 0 heterocycles. The van der Waals surface area contributed by atoms with Gasteiger partial charge in [0.25, 0.3) is 0 Å². The normalized spacial score (nSPS) is 13.9. The molecule has 0 saturated heterocycles. The SMILES string of the molecule is C#C[C@@H](CCO[Si](C)(C)C(C)(C)C)OC(C)=O. The lowest BCUT2D eigenvalue weighted by Gasteiger charge is -2.36. The summed E-state index contributed by atoms with van der Waals surface area (Å²) in [6.45, 7) is 12.8. The molecule has 0 aliphatic heterocycles. The van der Waals surface area contributed by atoms with Gasteiger partial charge in [0.05, 0.1) is 0 Å². The molecule has 0 unspecified atom stereocenters. The van der Waals surface area contributed by atoms with Gasteiger partial charge in [0.1, 0.15) is 0 Å². The van der Waals surface area contributed by atoms with E-state index in [2.05, 4.69) is 39.8 Å². The smallest absolute Gasteiger partial charge is 0.303 e. The molecule has 0 aliphatic rings. The van der Waals surface area contributed by atoms with E-state index in [1.165, 1.54) is 6.92 Å². The highest BCUT2D eigenvalue weighted by molar-refractivity contribution is 6.74. The first-order valence-electron chi connectivity index (χ1n) is 5.87. The molecule has 0 bridgehead atoms. The molecule has 0 amide bonds. The Morgan fingerprint density at radius 1 is 1.41 bits per heavy atom. The van der Waals surface area contributed by atoms with Gasteiger partial charge in [0.2, 0.25) is 0 Å². The zero-order valence-electron chi connectivity index (χ0n) is 11.8. The van der Waals surface area contributed by atoms with Crippen molar-refractivity contribution in [3.8, 4) is 12.3 Å². The van der Waals surface area contributed by atoms with Gasteiger partial charge in [-0.15, -0.1) is 6.42 Å². The minimum Gasteiger partial charge on any atom is -0.449 e. The number of terminal acetylenes is 1. The van der Waals surface area contributed by atoms with Crippen LogP contribution >= 0.6 is 0 Å². The van der Waals surface area contributed by atoms with Crippen molar-refractivity contribution in [2.45, 2.75) is 58.4 Å². The summed E-state index contributed by atoms with van der Waals surface area (Å²) >= 11 is 0. The molecule has 0 saturated carbocycles. The van der Waals surface area contributed by atoms with Crippen LogP contribution in [0.2, 0.25) is 18.1 Å². The molecule has 4 heteroatoms. The van der Waals surface area contributed by atoms with Gasteiger partial charge < -0.3 is 9.16 Å². The van der Waals surface area contributed by atoms with E-state index in [1.54, 1.807) is 0 Å². The third-order valence-electron chi connectivity index (χ3n) is 3.14. The van der Waals surface area contributed by atoms with Crippen molar-refractivity contribution in [1.29, 1.82) is 0 Å². The summed E-state index contributed by atoms with van der Waals surface area (Å²) in [7, 11) is -1.73. The minimum atomic E-state index is -1.73. The number of hydrogen-bond acceptors (Lipinski definition) is 3. The predicted octanol–water partition coefficient (Wildman–Crippen LogP) is 2.96. The number of carbonyl (C=O) groups is 1. The highest BCUT2D eigenvalue weighted by atomic mass is 28.4. The molecule has 0 radical (unpaired) electrons. The fraction of sp³-hybridized carbons (Fsp3) is 0.769. The summed E-state index contributed by atoms with van der Waals surface area (Å²) in [6.07, 6.45) is 5.37. The van der Waals surface area contributed by atoms with Crippen LogP contribution in [0.25, 0.3) is 0 Å². The summed E-state index contributed by atoms with van der Waals surface area (Å²) in [6, 6.07) is 0. The Hall–Kier alpha value is -0.793. The van der Waals surface area contributed by atoms with Gasteiger partial charge in [-0.2, -0.15) is 0 Å². The number of hydrogen-bond donors (Lipinski definition) is 0. The van der Waals surface area contributed by atoms with Crippen molar-refractivity contribution in [3.63, 3.8) is 0 Å². The third-order valence-corrected chi connectivity index (χ3v) is 7.68. The second-order valence-electron chi connectivity index (χ2n) is 5.66. The van der Waals surface area contributed by atoms with Gasteiger partial charge in [-0.3, -0.25) is 4.79 Å². The maximum absolute atomic E-state index is 10.8. The van der Waals surface area contributed by atoms with Crippen LogP contribution in [0.4, 0.5) is 0 Å². The van der Waals surface area contributed by atoms with Crippen molar-refractivity contribution in [2.24, 2.45) is 0 Å². The Bertz CT molecular complexity index is 297. The molecule has 0 rings (SSSR count). The molecule has 1 atom stereocenters. The number of carbonyl (C=O) groups excluding carboxylic acids is 1. The van der Waals surface area contributed by atoms with Crippen LogP contribution in [0.15, 0.2) is 0 Å². The average molecular weight is 256 g/mol. The topological polar surface area (TPSA) is 35.5 Å². The van der Waals surface area contributed by atoms with Gasteiger partial charge >= 0.3 is 5.97 Å². The molecule has 0 fully saturated rings. The van der Waals surface area contributed by atoms with E-state index in [9.17, 15) is 4.79 Å². The van der Waals surface area contributed by atoms with Crippen molar-refractivity contribution >= 4 is 14.3 Å². The molecule has 0 spiro atoms. The van der Waals surface area contributed by atoms with Crippen LogP contribution in [0, 0.1) is 12.3 Å². The maximum Gasteiger partial charge on any atom is 0.303 e. The molecule has 98 valence electrons.